The summed E-state index contributed by atoms with van der Waals surface area (Å²) in [4.78, 5) is 25.8. The normalized spacial score (nSPS) is 17.4. The van der Waals surface area contributed by atoms with E-state index in [1.165, 1.54) is 11.8 Å². The third kappa shape index (κ3) is 5.34. The van der Waals surface area contributed by atoms with Gasteiger partial charge in [-0.3, -0.25) is 14.7 Å². The summed E-state index contributed by atoms with van der Waals surface area (Å²) in [5, 5.41) is 14.4. The van der Waals surface area contributed by atoms with Crippen molar-refractivity contribution in [3.8, 4) is 0 Å². The molecule has 0 aromatic carbocycles. The molecule has 0 spiro atoms. The van der Waals surface area contributed by atoms with Gasteiger partial charge in [-0.1, -0.05) is 25.6 Å². The van der Waals surface area contributed by atoms with Crippen LogP contribution in [-0.4, -0.2) is 64.8 Å². The van der Waals surface area contributed by atoms with E-state index in [0.717, 1.165) is 38.4 Å². The molecule has 1 aromatic rings. The molecule has 1 saturated carbocycles. The number of imide groups is 1. The molecule has 1 saturated heterocycles. The zero-order valence-corrected chi connectivity index (χ0v) is 16.0. The summed E-state index contributed by atoms with van der Waals surface area (Å²) in [5.74, 6) is 1.03. The number of nitrogens with zero attached hydrogens (tertiary/aromatic N) is 4. The average Bonchev–Trinajstić information content (AvgIpc) is 3.32. The number of morpholine rings is 1. The quantitative estimate of drug-likeness (QED) is 0.674. The Balaban J connectivity index is 1.59. The number of hydrogen-bond acceptors (Lipinski definition) is 7. The monoisotopic (exact) mass is 382 g/mol. The van der Waals surface area contributed by atoms with Crippen molar-refractivity contribution in [2.45, 2.75) is 44.4 Å². The lowest BCUT2D eigenvalue weighted by molar-refractivity contribution is -0.117. The second-order valence-corrected chi connectivity index (χ2v) is 7.91. The van der Waals surface area contributed by atoms with Gasteiger partial charge in [-0.15, -0.1) is 10.2 Å². The van der Waals surface area contributed by atoms with Gasteiger partial charge in [-0.2, -0.15) is 0 Å². The van der Waals surface area contributed by atoms with Crippen LogP contribution in [0.4, 0.5) is 10.7 Å². The van der Waals surface area contributed by atoms with E-state index in [1.807, 2.05) is 0 Å². The van der Waals surface area contributed by atoms with E-state index < -0.39 is 6.03 Å². The topological polar surface area (TPSA) is 101 Å². The first-order valence-electron chi connectivity index (χ1n) is 9.02. The summed E-state index contributed by atoms with van der Waals surface area (Å²) < 4.78 is 7.46. The average molecular weight is 382 g/mol. The number of carbonyl (C=O) groups excluding carboxylic acids is 2. The maximum absolute atomic E-state index is 12.0. The molecule has 26 heavy (non-hydrogen) atoms. The largest absolute Gasteiger partial charge is 0.378 e. The van der Waals surface area contributed by atoms with Crippen LogP contribution in [0.1, 0.15) is 26.7 Å². The zero-order valence-electron chi connectivity index (χ0n) is 15.2. The van der Waals surface area contributed by atoms with Crippen molar-refractivity contribution in [1.29, 1.82) is 0 Å². The molecule has 0 bridgehead atoms. The predicted molar refractivity (Wildman–Crippen MR) is 98.3 cm³/mol. The lowest BCUT2D eigenvalue weighted by atomic mass is 10.2. The third-order valence-electron chi connectivity index (χ3n) is 4.04. The maximum atomic E-state index is 12.0. The van der Waals surface area contributed by atoms with E-state index in [9.17, 15) is 9.59 Å². The van der Waals surface area contributed by atoms with E-state index in [4.69, 9.17) is 4.74 Å². The number of nitrogens with one attached hydrogen (secondary N) is 2. The van der Waals surface area contributed by atoms with Crippen LogP contribution in [-0.2, 0) is 16.1 Å². The molecule has 144 valence electrons. The maximum Gasteiger partial charge on any atom is 0.321 e. The Morgan fingerprint density at radius 2 is 2.00 bits per heavy atom. The molecule has 2 heterocycles. The molecular formula is C16H26N6O3S. The molecule has 1 aromatic heterocycles. The number of ether oxygens (including phenoxy) is 1. The molecule has 0 unspecified atom stereocenters. The molecule has 10 heteroatoms. The Kier molecular flexibility index (Phi) is 6.36. The molecule has 0 atom stereocenters. The van der Waals surface area contributed by atoms with E-state index in [2.05, 4.69) is 44.1 Å². The lowest BCUT2D eigenvalue weighted by Crippen LogP contribution is -2.41. The zero-order chi connectivity index (χ0) is 18.5. The summed E-state index contributed by atoms with van der Waals surface area (Å²) in [7, 11) is 0. The highest BCUT2D eigenvalue weighted by molar-refractivity contribution is 7.99. The van der Waals surface area contributed by atoms with Gasteiger partial charge in [0.05, 0.1) is 19.0 Å². The fourth-order valence-electron chi connectivity index (χ4n) is 2.65. The molecule has 1 aliphatic carbocycles. The van der Waals surface area contributed by atoms with Crippen molar-refractivity contribution in [3.05, 3.63) is 0 Å². The fraction of sp³-hybridized carbons (Fsp3) is 0.750. The highest BCUT2D eigenvalue weighted by Gasteiger charge is 2.25. The van der Waals surface area contributed by atoms with Gasteiger partial charge in [0, 0.05) is 25.7 Å². The highest BCUT2D eigenvalue weighted by atomic mass is 32.2. The number of hydrogen-bond donors (Lipinski definition) is 2. The molecule has 2 aliphatic rings. The van der Waals surface area contributed by atoms with Gasteiger partial charge in [0.25, 0.3) is 0 Å². The smallest absolute Gasteiger partial charge is 0.321 e. The summed E-state index contributed by atoms with van der Waals surface area (Å²) in [6, 6.07) is -0.198. The van der Waals surface area contributed by atoms with Crippen LogP contribution in [0.5, 0.6) is 0 Å². The van der Waals surface area contributed by atoms with Crippen molar-refractivity contribution < 1.29 is 14.3 Å². The molecule has 2 N–H and O–H groups in total. The van der Waals surface area contributed by atoms with Crippen molar-refractivity contribution in [1.82, 2.24) is 25.4 Å². The molecule has 9 nitrogen and oxygen atoms in total. The number of thioether (sulfide) groups is 1. The number of amides is 3. The summed E-state index contributed by atoms with van der Waals surface area (Å²) in [5.41, 5.74) is 0. The summed E-state index contributed by atoms with van der Waals surface area (Å²) in [6.45, 7) is 7.95. The van der Waals surface area contributed by atoms with Gasteiger partial charge in [0.2, 0.25) is 11.9 Å². The van der Waals surface area contributed by atoms with E-state index >= 15 is 0 Å². The second kappa shape index (κ2) is 8.72. The molecular weight excluding hydrogens is 356 g/mol. The minimum atomic E-state index is -0.421. The van der Waals surface area contributed by atoms with Crippen LogP contribution < -0.4 is 15.5 Å². The highest BCUT2D eigenvalue weighted by Crippen LogP contribution is 2.24. The van der Waals surface area contributed by atoms with Gasteiger partial charge in [0.15, 0.2) is 5.16 Å². The Labute approximate surface area is 157 Å². The van der Waals surface area contributed by atoms with Gasteiger partial charge >= 0.3 is 6.03 Å². The van der Waals surface area contributed by atoms with Crippen LogP contribution in [0.2, 0.25) is 0 Å². The standard InChI is InChI=1S/C16H26N6O3S/c1-11(2)9-22-15(21-5-7-25-8-6-21)19-20-16(22)26-10-13(23)18-14(24)17-12-3-4-12/h11-12H,3-10H2,1-2H3,(H2,17,18,23,24). The number of aromatic nitrogens is 3. The van der Waals surface area contributed by atoms with Crippen LogP contribution in [0, 0.1) is 5.92 Å². The molecule has 3 amide bonds. The number of carbonyl (C=O) groups is 2. The van der Waals surface area contributed by atoms with E-state index in [1.54, 1.807) is 0 Å². The Morgan fingerprint density at radius 3 is 2.65 bits per heavy atom. The van der Waals surface area contributed by atoms with E-state index in [-0.39, 0.29) is 17.7 Å². The van der Waals surface area contributed by atoms with Gasteiger partial charge < -0.3 is 15.0 Å². The Morgan fingerprint density at radius 1 is 1.27 bits per heavy atom. The lowest BCUT2D eigenvalue weighted by Gasteiger charge is -2.28. The Hall–Kier alpha value is -1.81. The van der Waals surface area contributed by atoms with Crippen LogP contribution in [0.3, 0.4) is 0 Å². The molecule has 2 fully saturated rings. The SMILES string of the molecule is CC(C)Cn1c(SCC(=O)NC(=O)NC2CC2)nnc1N1CCOCC1. The predicted octanol–water partition coefficient (Wildman–Crippen LogP) is 0.851. The first kappa shape index (κ1) is 19.0. The van der Waals surface area contributed by atoms with Crippen molar-refractivity contribution in [2.75, 3.05) is 37.0 Å². The van der Waals surface area contributed by atoms with E-state index in [0.29, 0.717) is 24.3 Å². The fourth-order valence-corrected chi connectivity index (χ4v) is 3.39. The van der Waals surface area contributed by atoms with Crippen LogP contribution in [0.15, 0.2) is 5.16 Å². The van der Waals surface area contributed by atoms with Gasteiger partial charge in [0.1, 0.15) is 0 Å². The van der Waals surface area contributed by atoms with Gasteiger partial charge in [-0.25, -0.2) is 4.79 Å². The number of anilines is 1. The van der Waals surface area contributed by atoms with Crippen LogP contribution in [0.25, 0.3) is 0 Å². The minimum absolute atomic E-state index is 0.122. The first-order valence-corrected chi connectivity index (χ1v) is 10.0. The van der Waals surface area contributed by atoms with Crippen molar-refractivity contribution in [2.24, 2.45) is 5.92 Å². The second-order valence-electron chi connectivity index (χ2n) is 6.97. The first-order chi connectivity index (χ1) is 12.5. The summed E-state index contributed by atoms with van der Waals surface area (Å²) >= 11 is 1.30. The van der Waals surface area contributed by atoms with Gasteiger partial charge in [-0.05, 0) is 18.8 Å². The third-order valence-corrected chi connectivity index (χ3v) is 5.00. The number of urea groups is 1. The minimum Gasteiger partial charge on any atom is -0.378 e. The molecule has 1 aliphatic heterocycles. The molecule has 0 radical (unpaired) electrons. The Bertz CT molecular complexity index is 640. The van der Waals surface area contributed by atoms with Crippen molar-refractivity contribution >= 4 is 29.6 Å². The molecule has 3 rings (SSSR count). The summed E-state index contributed by atoms with van der Waals surface area (Å²) in [6.07, 6.45) is 1.97. The van der Waals surface area contributed by atoms with Crippen molar-refractivity contribution in [3.63, 3.8) is 0 Å². The van der Waals surface area contributed by atoms with Crippen LogP contribution >= 0.6 is 11.8 Å². The number of rotatable bonds is 7.